The second kappa shape index (κ2) is 7.78. The van der Waals surface area contributed by atoms with Crippen LogP contribution in [-0.4, -0.2) is 52.6 Å². The van der Waals surface area contributed by atoms with Crippen LogP contribution in [0.1, 0.15) is 12.0 Å². The normalized spacial score (nSPS) is 18.3. The van der Waals surface area contributed by atoms with Gasteiger partial charge in [0, 0.05) is 18.1 Å². The molecule has 1 fully saturated rings. The zero-order valence-corrected chi connectivity index (χ0v) is 13.4. The van der Waals surface area contributed by atoms with Gasteiger partial charge in [-0.15, -0.1) is 0 Å². The molecule has 132 valence electrons. The van der Waals surface area contributed by atoms with Gasteiger partial charge in [-0.1, -0.05) is 6.07 Å². The Bertz CT molecular complexity index is 609. The zero-order chi connectivity index (χ0) is 17.7. The molecule has 1 unspecified atom stereocenters. The maximum atomic E-state index is 12.6. The van der Waals surface area contributed by atoms with Crippen LogP contribution >= 0.6 is 11.8 Å². The van der Waals surface area contributed by atoms with E-state index in [4.69, 9.17) is 9.84 Å². The number of thioether (sulfide) groups is 1. The van der Waals surface area contributed by atoms with Gasteiger partial charge in [0.15, 0.2) is 6.61 Å². The molecule has 0 spiro atoms. The van der Waals surface area contributed by atoms with Gasteiger partial charge in [0.2, 0.25) is 0 Å². The van der Waals surface area contributed by atoms with Gasteiger partial charge in [0.05, 0.1) is 18.0 Å². The number of carbonyl (C=O) groups excluding carboxylic acids is 1. The van der Waals surface area contributed by atoms with E-state index in [0.717, 1.165) is 12.1 Å². The smallest absolute Gasteiger partial charge is 0.416 e. The maximum Gasteiger partial charge on any atom is 0.416 e. The average molecular weight is 363 g/mol. The van der Waals surface area contributed by atoms with Crippen LogP contribution in [0.3, 0.4) is 0 Å². The first-order valence-electron chi connectivity index (χ1n) is 7.16. The van der Waals surface area contributed by atoms with Crippen LogP contribution in [0.15, 0.2) is 24.3 Å². The number of carboxylic acid groups (broad SMARTS) is 1. The second-order valence-corrected chi connectivity index (χ2v) is 6.38. The van der Waals surface area contributed by atoms with Crippen molar-refractivity contribution in [3.63, 3.8) is 0 Å². The van der Waals surface area contributed by atoms with Gasteiger partial charge in [-0.2, -0.15) is 24.9 Å². The number of nitrogens with zero attached hydrogens (tertiary/aromatic N) is 1. The fraction of sp³-hybridized carbons (Fsp3) is 0.467. The van der Waals surface area contributed by atoms with Crippen LogP contribution in [0.5, 0.6) is 5.75 Å². The monoisotopic (exact) mass is 363 g/mol. The molecule has 0 bridgehead atoms. The summed E-state index contributed by atoms with van der Waals surface area (Å²) in [4.78, 5) is 24.5. The number of ether oxygens (including phenoxy) is 1. The Kier molecular flexibility index (Phi) is 5.98. The topological polar surface area (TPSA) is 66.8 Å². The Morgan fingerprint density at radius 1 is 1.38 bits per heavy atom. The Hall–Kier alpha value is -1.90. The number of carbonyl (C=O) groups is 2. The third-order valence-electron chi connectivity index (χ3n) is 3.48. The highest BCUT2D eigenvalue weighted by molar-refractivity contribution is 7.99. The number of rotatable bonds is 5. The largest absolute Gasteiger partial charge is 0.484 e. The molecule has 9 heteroatoms. The Morgan fingerprint density at radius 3 is 2.79 bits per heavy atom. The van der Waals surface area contributed by atoms with Crippen LogP contribution in [-0.2, 0) is 15.8 Å². The van der Waals surface area contributed by atoms with E-state index >= 15 is 0 Å². The van der Waals surface area contributed by atoms with Crippen molar-refractivity contribution >= 4 is 23.6 Å². The number of benzene rings is 1. The predicted molar refractivity (Wildman–Crippen MR) is 82.0 cm³/mol. The first-order chi connectivity index (χ1) is 11.3. The average Bonchev–Trinajstić information content (AvgIpc) is 2.52. The molecule has 0 aliphatic carbocycles. The van der Waals surface area contributed by atoms with Crippen LogP contribution in [0.25, 0.3) is 0 Å². The summed E-state index contributed by atoms with van der Waals surface area (Å²) in [5.41, 5.74) is -0.856. The summed E-state index contributed by atoms with van der Waals surface area (Å²) < 4.78 is 43.1. The molecule has 0 radical (unpaired) electrons. The fourth-order valence-corrected chi connectivity index (χ4v) is 3.41. The molecule has 1 saturated heterocycles. The molecule has 24 heavy (non-hydrogen) atoms. The minimum atomic E-state index is -4.49. The molecule has 5 nitrogen and oxygen atoms in total. The Balaban J connectivity index is 1.98. The quantitative estimate of drug-likeness (QED) is 0.871. The molecule has 1 aromatic rings. The van der Waals surface area contributed by atoms with Crippen LogP contribution in [0.2, 0.25) is 0 Å². The summed E-state index contributed by atoms with van der Waals surface area (Å²) in [6.07, 6.45) is -4.65. The molecule has 1 N–H and O–H groups in total. The van der Waals surface area contributed by atoms with E-state index in [0.29, 0.717) is 18.1 Å². The van der Waals surface area contributed by atoms with E-state index in [1.165, 1.54) is 17.0 Å². The zero-order valence-electron chi connectivity index (χ0n) is 12.6. The molecule has 1 heterocycles. The minimum Gasteiger partial charge on any atom is -0.484 e. The maximum absolute atomic E-state index is 12.6. The summed E-state index contributed by atoms with van der Waals surface area (Å²) in [7, 11) is 0. The van der Waals surface area contributed by atoms with Crippen molar-refractivity contribution in [2.45, 2.75) is 18.6 Å². The lowest BCUT2D eigenvalue weighted by Crippen LogP contribution is -2.48. The van der Waals surface area contributed by atoms with Crippen LogP contribution in [0, 0.1) is 0 Å². The first-order valence-corrected chi connectivity index (χ1v) is 8.32. The van der Waals surface area contributed by atoms with Crippen molar-refractivity contribution in [3.05, 3.63) is 29.8 Å². The Labute approximate surface area is 140 Å². The molecular weight excluding hydrogens is 347 g/mol. The van der Waals surface area contributed by atoms with E-state index in [1.807, 2.05) is 0 Å². The van der Waals surface area contributed by atoms with Gasteiger partial charge in [-0.05, 0) is 18.2 Å². The van der Waals surface area contributed by atoms with Crippen molar-refractivity contribution in [1.82, 2.24) is 4.90 Å². The van der Waals surface area contributed by atoms with E-state index in [1.54, 1.807) is 11.8 Å². The number of aliphatic carboxylic acids is 1. The molecule has 1 amide bonds. The highest BCUT2D eigenvalue weighted by Gasteiger charge is 2.31. The summed E-state index contributed by atoms with van der Waals surface area (Å²) >= 11 is 1.56. The second-order valence-electron chi connectivity index (χ2n) is 5.23. The number of amides is 1. The molecule has 1 aliphatic rings. The number of alkyl halides is 3. The van der Waals surface area contributed by atoms with Gasteiger partial charge >= 0.3 is 12.1 Å². The fourth-order valence-electron chi connectivity index (χ4n) is 2.34. The lowest BCUT2D eigenvalue weighted by Gasteiger charge is -2.34. The molecule has 1 aliphatic heterocycles. The van der Waals surface area contributed by atoms with E-state index < -0.39 is 36.3 Å². The Morgan fingerprint density at radius 2 is 2.12 bits per heavy atom. The summed E-state index contributed by atoms with van der Waals surface area (Å²) in [6, 6.07) is 3.85. The van der Waals surface area contributed by atoms with Crippen molar-refractivity contribution < 1.29 is 32.6 Å². The summed E-state index contributed by atoms with van der Waals surface area (Å²) in [6.45, 7) is -0.0322. The lowest BCUT2D eigenvalue weighted by molar-refractivity contribution is -0.141. The van der Waals surface area contributed by atoms with Crippen molar-refractivity contribution in [2.75, 3.05) is 24.7 Å². The molecule has 0 aromatic heterocycles. The van der Waals surface area contributed by atoms with Crippen molar-refractivity contribution in [3.8, 4) is 5.75 Å². The highest BCUT2D eigenvalue weighted by atomic mass is 32.2. The number of hydrogen-bond donors (Lipinski definition) is 1. The van der Waals surface area contributed by atoms with Gasteiger partial charge < -0.3 is 14.7 Å². The molecule has 1 atom stereocenters. The minimum absolute atomic E-state index is 0.0562. The third kappa shape index (κ3) is 5.05. The number of carboxylic acids is 1. The van der Waals surface area contributed by atoms with Crippen molar-refractivity contribution in [2.24, 2.45) is 0 Å². The van der Waals surface area contributed by atoms with Gasteiger partial charge in [0.25, 0.3) is 5.91 Å². The van der Waals surface area contributed by atoms with Crippen molar-refractivity contribution in [1.29, 1.82) is 0 Å². The van der Waals surface area contributed by atoms with Crippen LogP contribution < -0.4 is 4.74 Å². The summed E-state index contributed by atoms with van der Waals surface area (Å²) in [5, 5.41) is 8.89. The lowest BCUT2D eigenvalue weighted by atomic mass is 10.2. The predicted octanol–water partition coefficient (Wildman–Crippen LogP) is 2.50. The van der Waals surface area contributed by atoms with E-state index in [9.17, 15) is 22.8 Å². The summed E-state index contributed by atoms with van der Waals surface area (Å²) in [5.74, 6) is -0.287. The van der Waals surface area contributed by atoms with Gasteiger partial charge in [0.1, 0.15) is 5.75 Å². The molecule has 2 rings (SSSR count). The van der Waals surface area contributed by atoms with Crippen LogP contribution in [0.4, 0.5) is 13.2 Å². The van der Waals surface area contributed by atoms with Gasteiger partial charge in [-0.3, -0.25) is 9.59 Å². The first kappa shape index (κ1) is 18.4. The van der Waals surface area contributed by atoms with E-state index in [-0.39, 0.29) is 12.2 Å². The number of halogens is 3. The molecule has 0 saturated carbocycles. The highest BCUT2D eigenvalue weighted by Crippen LogP contribution is 2.31. The molecule has 1 aromatic carbocycles. The van der Waals surface area contributed by atoms with Gasteiger partial charge in [-0.25, -0.2) is 0 Å². The third-order valence-corrected chi connectivity index (χ3v) is 4.57. The molecular formula is C15H16F3NO4S. The standard InChI is InChI=1S/C15H16F3NO4S/c16-15(17,18)10-2-1-3-12(6-10)23-8-13(20)19-4-5-24-9-11(19)7-14(21)22/h1-3,6,11H,4-5,7-9H2,(H,21,22). The SMILES string of the molecule is O=C(O)CC1CSCCN1C(=O)COc1cccc(C(F)(F)F)c1. The number of hydrogen-bond acceptors (Lipinski definition) is 4. The van der Waals surface area contributed by atoms with E-state index in [2.05, 4.69) is 0 Å².